The van der Waals surface area contributed by atoms with Crippen LogP contribution in [0.25, 0.3) is 0 Å². The van der Waals surface area contributed by atoms with E-state index in [0.29, 0.717) is 0 Å². The number of esters is 2. The Bertz CT molecular complexity index is 388. The Hall–Kier alpha value is -1.42. The van der Waals surface area contributed by atoms with Crippen molar-refractivity contribution >= 4 is 23.5 Å². The molecule has 0 bridgehead atoms. The third-order valence-corrected chi connectivity index (χ3v) is 1.80. The summed E-state index contributed by atoms with van der Waals surface area (Å²) in [5.74, 6) is -1.40. The Balaban J connectivity index is 2.75. The van der Waals surface area contributed by atoms with E-state index in [1.165, 1.54) is 12.3 Å². The lowest BCUT2D eigenvalue weighted by Gasteiger charge is -1.91. The summed E-state index contributed by atoms with van der Waals surface area (Å²) in [5, 5.41) is 0.00310. The number of pyridine rings is 1. The Morgan fingerprint density at radius 2 is 2.08 bits per heavy atom. The van der Waals surface area contributed by atoms with Crippen molar-refractivity contribution in [3.8, 4) is 0 Å². The maximum Gasteiger partial charge on any atom is 0.350 e. The largest absolute Gasteiger partial charge is 0.386 e. The maximum atomic E-state index is 10.9. The molecule has 0 radical (unpaired) electrons. The molecule has 0 saturated carbocycles. The lowest BCUT2D eigenvalue weighted by Crippen LogP contribution is -1.97. The van der Waals surface area contributed by atoms with Gasteiger partial charge in [0.2, 0.25) is 0 Å². The summed E-state index contributed by atoms with van der Waals surface area (Å²) < 4.78 is 4.31. The minimum atomic E-state index is -0.729. The van der Waals surface area contributed by atoms with E-state index in [-0.39, 0.29) is 16.3 Å². The van der Waals surface area contributed by atoms with Gasteiger partial charge < -0.3 is 4.74 Å². The number of hydrogen-bond donors (Lipinski definition) is 0. The number of rotatable bonds is 0. The van der Waals surface area contributed by atoms with Crippen LogP contribution in [0.3, 0.4) is 0 Å². The van der Waals surface area contributed by atoms with Gasteiger partial charge in [0.25, 0.3) is 0 Å². The van der Waals surface area contributed by atoms with Gasteiger partial charge in [-0.15, -0.1) is 0 Å². The van der Waals surface area contributed by atoms with E-state index >= 15 is 0 Å². The zero-order chi connectivity index (χ0) is 8.72. The van der Waals surface area contributed by atoms with E-state index < -0.39 is 11.9 Å². The maximum absolute atomic E-state index is 10.9. The second-order valence-corrected chi connectivity index (χ2v) is 2.56. The Morgan fingerprint density at radius 1 is 1.33 bits per heavy atom. The highest BCUT2D eigenvalue weighted by Gasteiger charge is 2.32. The van der Waals surface area contributed by atoms with Crippen LogP contribution in [0.15, 0.2) is 12.3 Å². The van der Waals surface area contributed by atoms with Gasteiger partial charge in [-0.3, -0.25) is 0 Å². The molecule has 1 aliphatic rings. The number of cyclic esters (lactones) is 2. The molecule has 0 amide bonds. The van der Waals surface area contributed by atoms with E-state index in [9.17, 15) is 9.59 Å². The Labute approximate surface area is 72.1 Å². The molecule has 1 aliphatic heterocycles. The number of aromatic nitrogens is 1. The molecule has 2 heterocycles. The van der Waals surface area contributed by atoms with Gasteiger partial charge in [0.15, 0.2) is 0 Å². The van der Waals surface area contributed by atoms with Gasteiger partial charge in [-0.1, -0.05) is 11.6 Å². The second kappa shape index (κ2) is 2.28. The van der Waals surface area contributed by atoms with Gasteiger partial charge in [-0.2, -0.15) is 0 Å². The molecule has 1 aromatic heterocycles. The minimum Gasteiger partial charge on any atom is -0.386 e. The van der Waals surface area contributed by atoms with Gasteiger partial charge in [0, 0.05) is 6.20 Å². The van der Waals surface area contributed by atoms with Crippen molar-refractivity contribution in [2.24, 2.45) is 0 Å². The summed E-state index contributed by atoms with van der Waals surface area (Å²) in [6.45, 7) is 0. The Morgan fingerprint density at radius 3 is 2.75 bits per heavy atom. The van der Waals surface area contributed by atoms with Crippen LogP contribution in [0.5, 0.6) is 0 Å². The topological polar surface area (TPSA) is 56.3 Å². The van der Waals surface area contributed by atoms with E-state index in [1.54, 1.807) is 0 Å². The summed E-state index contributed by atoms with van der Waals surface area (Å²) >= 11 is 5.57. The fourth-order valence-electron chi connectivity index (χ4n) is 0.991. The molecule has 0 saturated heterocycles. The van der Waals surface area contributed by atoms with Gasteiger partial charge in [0.1, 0.15) is 10.7 Å². The molecule has 2 rings (SSSR count). The van der Waals surface area contributed by atoms with Gasteiger partial charge in [-0.05, 0) is 6.07 Å². The first-order valence-corrected chi connectivity index (χ1v) is 3.49. The molecule has 1 aromatic rings. The summed E-state index contributed by atoms with van der Waals surface area (Å²) in [6.07, 6.45) is 1.35. The summed E-state index contributed by atoms with van der Waals surface area (Å²) in [7, 11) is 0. The highest BCUT2D eigenvalue weighted by Crippen LogP contribution is 2.24. The third kappa shape index (κ3) is 0.816. The second-order valence-electron chi connectivity index (χ2n) is 2.20. The molecule has 4 nitrogen and oxygen atoms in total. The van der Waals surface area contributed by atoms with E-state index in [1.807, 2.05) is 0 Å². The zero-order valence-electron chi connectivity index (χ0n) is 5.70. The standard InChI is InChI=1S/C7H2ClNO3/c8-5-4-3(1-2-9-5)6(10)12-7(4)11/h1-2H. The van der Waals surface area contributed by atoms with Crippen molar-refractivity contribution in [1.82, 2.24) is 4.98 Å². The number of fused-ring (bicyclic) bond motifs is 1. The number of carbonyl (C=O) groups excluding carboxylic acids is 2. The van der Waals surface area contributed by atoms with Crippen LogP contribution in [0.4, 0.5) is 0 Å². The van der Waals surface area contributed by atoms with Crippen molar-refractivity contribution in [1.29, 1.82) is 0 Å². The molecule has 0 atom stereocenters. The molecule has 0 N–H and O–H groups in total. The van der Waals surface area contributed by atoms with Gasteiger partial charge in [0.05, 0.1) is 5.56 Å². The number of carbonyl (C=O) groups is 2. The van der Waals surface area contributed by atoms with Crippen molar-refractivity contribution in [2.45, 2.75) is 0 Å². The smallest absolute Gasteiger partial charge is 0.350 e. The average molecular weight is 184 g/mol. The third-order valence-electron chi connectivity index (χ3n) is 1.51. The highest BCUT2D eigenvalue weighted by molar-refractivity contribution is 6.34. The van der Waals surface area contributed by atoms with Crippen LogP contribution in [-0.4, -0.2) is 16.9 Å². The van der Waals surface area contributed by atoms with Crippen LogP contribution < -0.4 is 0 Å². The van der Waals surface area contributed by atoms with E-state index in [0.717, 1.165) is 0 Å². The number of ether oxygens (including phenoxy) is 1. The molecular formula is C7H2ClNO3. The van der Waals surface area contributed by atoms with Gasteiger partial charge >= 0.3 is 11.9 Å². The average Bonchev–Trinajstić information content (AvgIpc) is 2.29. The highest BCUT2D eigenvalue weighted by atomic mass is 35.5. The van der Waals surface area contributed by atoms with Crippen LogP contribution >= 0.6 is 11.6 Å². The first-order chi connectivity index (χ1) is 5.70. The van der Waals surface area contributed by atoms with Gasteiger partial charge in [-0.25, -0.2) is 14.6 Å². The molecule has 0 spiro atoms. The number of nitrogens with zero attached hydrogens (tertiary/aromatic N) is 1. The van der Waals surface area contributed by atoms with E-state index in [2.05, 4.69) is 9.72 Å². The molecule has 60 valence electrons. The number of hydrogen-bond acceptors (Lipinski definition) is 4. The first kappa shape index (κ1) is 7.24. The SMILES string of the molecule is O=C1OC(=O)c2c1ccnc2Cl. The lowest BCUT2D eigenvalue weighted by molar-refractivity contribution is 0.0444. The monoisotopic (exact) mass is 183 g/mol. The predicted octanol–water partition coefficient (Wildman–Crippen LogP) is 1.05. The van der Waals surface area contributed by atoms with Crippen molar-refractivity contribution in [2.75, 3.05) is 0 Å². The minimum absolute atomic E-state index is 0.00310. The molecule has 0 fully saturated rings. The van der Waals surface area contributed by atoms with Crippen LogP contribution in [0, 0.1) is 0 Å². The van der Waals surface area contributed by atoms with Crippen LogP contribution in [0.1, 0.15) is 20.7 Å². The molecule has 12 heavy (non-hydrogen) atoms. The summed E-state index contributed by atoms with van der Waals surface area (Å²) in [6, 6.07) is 1.40. The number of halogens is 1. The fraction of sp³-hybridized carbons (Fsp3) is 0. The first-order valence-electron chi connectivity index (χ1n) is 3.11. The summed E-state index contributed by atoms with van der Waals surface area (Å²) in [5.41, 5.74) is 0.240. The Kier molecular flexibility index (Phi) is 1.38. The lowest BCUT2D eigenvalue weighted by atomic mass is 10.2. The van der Waals surface area contributed by atoms with Crippen molar-refractivity contribution in [3.63, 3.8) is 0 Å². The molecule has 0 unspecified atom stereocenters. The molecule has 5 heteroatoms. The quantitative estimate of drug-likeness (QED) is 0.343. The zero-order valence-corrected chi connectivity index (χ0v) is 6.46. The van der Waals surface area contributed by atoms with Crippen molar-refractivity contribution in [3.05, 3.63) is 28.5 Å². The summed E-state index contributed by atoms with van der Waals surface area (Å²) in [4.78, 5) is 25.5. The molecule has 0 aliphatic carbocycles. The van der Waals surface area contributed by atoms with Crippen LogP contribution in [0.2, 0.25) is 5.15 Å². The van der Waals surface area contributed by atoms with E-state index in [4.69, 9.17) is 11.6 Å². The normalized spacial score (nSPS) is 14.4. The van der Waals surface area contributed by atoms with Crippen molar-refractivity contribution < 1.29 is 14.3 Å². The predicted molar refractivity (Wildman–Crippen MR) is 39.0 cm³/mol. The molecular weight excluding hydrogens is 182 g/mol. The molecule has 0 aromatic carbocycles. The fourth-order valence-corrected chi connectivity index (χ4v) is 1.23. The van der Waals surface area contributed by atoms with Crippen LogP contribution in [-0.2, 0) is 4.74 Å².